The van der Waals surface area contributed by atoms with Crippen molar-refractivity contribution in [3.63, 3.8) is 0 Å². The Bertz CT molecular complexity index is 306. The van der Waals surface area contributed by atoms with Crippen molar-refractivity contribution in [1.29, 1.82) is 0 Å². The molecule has 1 heteroatoms. The Labute approximate surface area is 83.7 Å². The van der Waals surface area contributed by atoms with E-state index in [1.807, 2.05) is 0 Å². The van der Waals surface area contributed by atoms with E-state index in [-0.39, 0.29) is 0 Å². The molecule has 2 unspecified atom stereocenters. The maximum atomic E-state index is 2.30. The van der Waals surface area contributed by atoms with Gasteiger partial charge in [-0.2, -0.15) is 0 Å². The van der Waals surface area contributed by atoms with Crippen LogP contribution in [-0.2, 0) is 4.75 Å². The Morgan fingerprint density at radius 2 is 2.00 bits per heavy atom. The number of hydrogen-bond donors (Lipinski definition) is 0. The molecule has 1 saturated carbocycles. The predicted octanol–water partition coefficient (Wildman–Crippen LogP) is 3.57. The molecule has 0 nitrogen and oxygen atoms in total. The van der Waals surface area contributed by atoms with Crippen molar-refractivity contribution in [2.45, 2.75) is 35.7 Å². The van der Waals surface area contributed by atoms with E-state index < -0.39 is 0 Å². The Kier molecular flexibility index (Phi) is 1.69. The van der Waals surface area contributed by atoms with Gasteiger partial charge >= 0.3 is 0 Å². The van der Waals surface area contributed by atoms with Crippen molar-refractivity contribution >= 4 is 11.8 Å². The molecule has 1 heterocycles. The van der Waals surface area contributed by atoms with Gasteiger partial charge in [0.15, 0.2) is 0 Å². The molecule has 1 aromatic carbocycles. The number of fused-ring (bicyclic) bond motifs is 1. The van der Waals surface area contributed by atoms with Crippen LogP contribution in [0, 0.1) is 0 Å². The largest absolute Gasteiger partial charge is 0.144 e. The fraction of sp³-hybridized carbons (Fsp3) is 0.500. The lowest BCUT2D eigenvalue weighted by molar-refractivity contribution is 0.475. The molecule has 1 aliphatic heterocycles. The SMILES string of the molecule is c1ccc(C23CCCCC2S3)cc1. The number of benzene rings is 1. The molecule has 3 rings (SSSR count). The molecule has 13 heavy (non-hydrogen) atoms. The molecule has 68 valence electrons. The van der Waals surface area contributed by atoms with Crippen molar-refractivity contribution in [1.82, 2.24) is 0 Å². The standard InChI is InChI=1S/C12H14S/c1-2-6-10(7-3-1)12-9-5-4-8-11(12)13-12/h1-3,6-7,11H,4-5,8-9H2. The van der Waals surface area contributed by atoms with Crippen LogP contribution in [0.5, 0.6) is 0 Å². The molecule has 0 bridgehead atoms. The van der Waals surface area contributed by atoms with Crippen LogP contribution in [0.1, 0.15) is 31.2 Å². The van der Waals surface area contributed by atoms with Crippen LogP contribution >= 0.6 is 11.8 Å². The molecule has 2 fully saturated rings. The van der Waals surface area contributed by atoms with Crippen molar-refractivity contribution in [2.75, 3.05) is 0 Å². The number of rotatable bonds is 1. The Morgan fingerprint density at radius 3 is 2.77 bits per heavy atom. The summed E-state index contributed by atoms with van der Waals surface area (Å²) in [7, 11) is 0. The average molecular weight is 190 g/mol. The number of hydrogen-bond acceptors (Lipinski definition) is 1. The average Bonchev–Trinajstić information content (AvgIpc) is 2.94. The lowest BCUT2D eigenvalue weighted by Crippen LogP contribution is -2.16. The van der Waals surface area contributed by atoms with Gasteiger partial charge in [0.05, 0.1) is 4.75 Å². The Hall–Kier alpha value is -0.430. The van der Waals surface area contributed by atoms with Crippen molar-refractivity contribution < 1.29 is 0 Å². The second kappa shape index (κ2) is 2.78. The summed E-state index contributed by atoms with van der Waals surface area (Å²) < 4.78 is 0.555. The molecule has 0 N–H and O–H groups in total. The normalized spacial score (nSPS) is 36.8. The molecule has 1 saturated heterocycles. The van der Waals surface area contributed by atoms with Crippen LogP contribution in [-0.4, -0.2) is 5.25 Å². The smallest absolute Gasteiger partial charge is 0.0530 e. The highest BCUT2D eigenvalue weighted by molar-refractivity contribution is 8.08. The molecular formula is C12H14S. The van der Waals surface area contributed by atoms with Crippen LogP contribution in [0.25, 0.3) is 0 Å². The maximum Gasteiger partial charge on any atom is 0.0530 e. The van der Waals surface area contributed by atoms with E-state index in [2.05, 4.69) is 42.1 Å². The van der Waals surface area contributed by atoms with E-state index in [0.717, 1.165) is 5.25 Å². The first-order chi connectivity index (χ1) is 6.42. The van der Waals surface area contributed by atoms with Gasteiger partial charge in [0, 0.05) is 5.25 Å². The van der Waals surface area contributed by atoms with E-state index >= 15 is 0 Å². The minimum atomic E-state index is 0.555. The van der Waals surface area contributed by atoms with E-state index in [4.69, 9.17) is 0 Å². The molecule has 1 aliphatic carbocycles. The molecular weight excluding hydrogens is 176 g/mol. The molecule has 1 aromatic rings. The van der Waals surface area contributed by atoms with Crippen LogP contribution in [0.15, 0.2) is 30.3 Å². The monoisotopic (exact) mass is 190 g/mol. The van der Waals surface area contributed by atoms with Crippen molar-refractivity contribution in [2.24, 2.45) is 0 Å². The molecule has 0 amide bonds. The summed E-state index contributed by atoms with van der Waals surface area (Å²) >= 11 is 2.20. The van der Waals surface area contributed by atoms with E-state index in [9.17, 15) is 0 Å². The fourth-order valence-electron chi connectivity index (χ4n) is 2.57. The third-order valence-corrected chi connectivity index (χ3v) is 5.16. The zero-order chi connectivity index (χ0) is 8.73. The molecule has 0 spiro atoms. The van der Waals surface area contributed by atoms with Gasteiger partial charge in [-0.05, 0) is 18.4 Å². The first-order valence-corrected chi connectivity index (χ1v) is 6.03. The second-order valence-electron chi connectivity index (χ2n) is 4.11. The summed E-state index contributed by atoms with van der Waals surface area (Å²) in [5.74, 6) is 0. The van der Waals surface area contributed by atoms with Crippen molar-refractivity contribution in [3.8, 4) is 0 Å². The van der Waals surface area contributed by atoms with Crippen LogP contribution in [0.2, 0.25) is 0 Å². The van der Waals surface area contributed by atoms with Gasteiger partial charge in [0.25, 0.3) is 0 Å². The van der Waals surface area contributed by atoms with Gasteiger partial charge < -0.3 is 0 Å². The lowest BCUT2D eigenvalue weighted by atomic mass is 9.84. The van der Waals surface area contributed by atoms with Gasteiger partial charge in [-0.1, -0.05) is 43.2 Å². The summed E-state index contributed by atoms with van der Waals surface area (Å²) in [4.78, 5) is 0. The van der Waals surface area contributed by atoms with Gasteiger partial charge in [0.1, 0.15) is 0 Å². The number of thioether (sulfide) groups is 1. The fourth-order valence-corrected chi connectivity index (χ4v) is 4.20. The first kappa shape index (κ1) is 7.93. The zero-order valence-corrected chi connectivity index (χ0v) is 8.52. The highest BCUT2D eigenvalue weighted by Gasteiger charge is 2.56. The molecule has 0 radical (unpaired) electrons. The quantitative estimate of drug-likeness (QED) is 0.610. The Balaban J connectivity index is 1.94. The highest BCUT2D eigenvalue weighted by Crippen LogP contribution is 2.67. The van der Waals surface area contributed by atoms with Gasteiger partial charge in [-0.3, -0.25) is 0 Å². The minimum Gasteiger partial charge on any atom is -0.144 e. The third-order valence-electron chi connectivity index (χ3n) is 3.34. The van der Waals surface area contributed by atoms with E-state index in [0.29, 0.717) is 4.75 Å². The maximum absolute atomic E-state index is 2.30. The summed E-state index contributed by atoms with van der Waals surface area (Å²) in [5, 5.41) is 0.948. The highest BCUT2D eigenvalue weighted by atomic mass is 32.2. The Morgan fingerprint density at radius 1 is 1.15 bits per heavy atom. The summed E-state index contributed by atoms with van der Waals surface area (Å²) in [6.45, 7) is 0. The molecule has 2 atom stereocenters. The molecule has 0 aromatic heterocycles. The van der Waals surface area contributed by atoms with Gasteiger partial charge in [-0.15, -0.1) is 11.8 Å². The zero-order valence-electron chi connectivity index (χ0n) is 7.70. The summed E-state index contributed by atoms with van der Waals surface area (Å²) in [6.07, 6.45) is 5.73. The summed E-state index contributed by atoms with van der Waals surface area (Å²) in [5.41, 5.74) is 1.57. The summed E-state index contributed by atoms with van der Waals surface area (Å²) in [6, 6.07) is 11.1. The predicted molar refractivity (Wildman–Crippen MR) is 58.0 cm³/mol. The van der Waals surface area contributed by atoms with E-state index in [1.54, 1.807) is 5.56 Å². The van der Waals surface area contributed by atoms with Crippen LogP contribution < -0.4 is 0 Å². The molecule has 2 aliphatic rings. The lowest BCUT2D eigenvalue weighted by Gasteiger charge is -2.19. The first-order valence-electron chi connectivity index (χ1n) is 5.15. The van der Waals surface area contributed by atoms with Gasteiger partial charge in [0.2, 0.25) is 0 Å². The topological polar surface area (TPSA) is 0 Å². The van der Waals surface area contributed by atoms with E-state index in [1.165, 1.54) is 25.7 Å². The van der Waals surface area contributed by atoms with Crippen LogP contribution in [0.4, 0.5) is 0 Å². The van der Waals surface area contributed by atoms with Crippen molar-refractivity contribution in [3.05, 3.63) is 35.9 Å². The van der Waals surface area contributed by atoms with Crippen LogP contribution in [0.3, 0.4) is 0 Å². The minimum absolute atomic E-state index is 0.555. The third kappa shape index (κ3) is 1.13. The second-order valence-corrected chi connectivity index (χ2v) is 5.64. The van der Waals surface area contributed by atoms with Gasteiger partial charge in [-0.25, -0.2) is 0 Å².